The molecule has 1 atom stereocenters. The summed E-state index contributed by atoms with van der Waals surface area (Å²) in [6.07, 6.45) is 1.17. The highest BCUT2D eigenvalue weighted by atomic mass is 19.1. The van der Waals surface area contributed by atoms with Gasteiger partial charge in [0.1, 0.15) is 5.54 Å². The molecule has 0 aliphatic carbocycles. The molecule has 0 aliphatic heterocycles. The predicted molar refractivity (Wildman–Crippen MR) is 80.0 cm³/mol. The van der Waals surface area contributed by atoms with Crippen LogP contribution >= 0.6 is 0 Å². The number of hydrogen-bond donors (Lipinski definition) is 1. The molecule has 0 radical (unpaired) electrons. The van der Waals surface area contributed by atoms with Gasteiger partial charge < -0.3 is 14.8 Å². The second kappa shape index (κ2) is 7.98. The lowest BCUT2D eigenvalue weighted by Gasteiger charge is -2.26. The quantitative estimate of drug-likeness (QED) is 0.592. The van der Waals surface area contributed by atoms with Crippen molar-refractivity contribution in [2.75, 3.05) is 20.3 Å². The summed E-state index contributed by atoms with van der Waals surface area (Å²) >= 11 is 0. The van der Waals surface area contributed by atoms with Crippen molar-refractivity contribution in [1.82, 2.24) is 5.32 Å². The molecule has 1 N–H and O–H groups in total. The Balaban J connectivity index is 2.49. The molecule has 21 heavy (non-hydrogen) atoms. The predicted octanol–water partition coefficient (Wildman–Crippen LogP) is 2.83. The molecule has 0 saturated carbocycles. The topological polar surface area (TPSA) is 47.6 Å². The molecule has 1 aromatic carbocycles. The summed E-state index contributed by atoms with van der Waals surface area (Å²) in [6, 6.07) is 5.05. The molecule has 0 aromatic heterocycles. The van der Waals surface area contributed by atoms with Gasteiger partial charge >= 0.3 is 5.97 Å². The lowest BCUT2D eigenvalue weighted by molar-refractivity contribution is -0.150. The van der Waals surface area contributed by atoms with Crippen LogP contribution in [-0.2, 0) is 9.53 Å². The van der Waals surface area contributed by atoms with E-state index in [1.54, 1.807) is 46.0 Å². The van der Waals surface area contributed by atoms with Crippen LogP contribution in [-0.4, -0.2) is 31.8 Å². The molecule has 0 fully saturated rings. The van der Waals surface area contributed by atoms with Gasteiger partial charge in [0.05, 0.1) is 13.2 Å². The zero-order chi connectivity index (χ0) is 15.9. The Morgan fingerprint density at radius 2 is 2.14 bits per heavy atom. The molecule has 0 heterocycles. The molecular formula is C16H24FNO3. The fourth-order valence-corrected chi connectivity index (χ4v) is 1.96. The van der Waals surface area contributed by atoms with Gasteiger partial charge in [-0.1, -0.05) is 12.1 Å². The van der Waals surface area contributed by atoms with Crippen molar-refractivity contribution in [1.29, 1.82) is 0 Å². The molecule has 1 rings (SSSR count). The van der Waals surface area contributed by atoms with Gasteiger partial charge in [-0.15, -0.1) is 0 Å². The Bertz CT molecular complexity index is 479. The summed E-state index contributed by atoms with van der Waals surface area (Å²) in [7, 11) is 1.72. The van der Waals surface area contributed by atoms with E-state index in [0.29, 0.717) is 31.6 Å². The largest absolute Gasteiger partial charge is 0.491 e. The molecule has 5 heteroatoms. The van der Waals surface area contributed by atoms with E-state index in [9.17, 15) is 9.18 Å². The molecule has 0 amide bonds. The van der Waals surface area contributed by atoms with Crippen molar-refractivity contribution in [3.8, 4) is 5.75 Å². The summed E-state index contributed by atoms with van der Waals surface area (Å²) in [5.74, 6) is -0.370. The van der Waals surface area contributed by atoms with E-state index >= 15 is 0 Å². The Morgan fingerprint density at radius 1 is 1.43 bits per heavy atom. The Hall–Kier alpha value is -1.62. The van der Waals surface area contributed by atoms with E-state index in [4.69, 9.17) is 9.47 Å². The Morgan fingerprint density at radius 3 is 2.76 bits per heavy atom. The van der Waals surface area contributed by atoms with Gasteiger partial charge in [-0.25, -0.2) is 4.39 Å². The third-order valence-electron chi connectivity index (χ3n) is 3.51. The summed E-state index contributed by atoms with van der Waals surface area (Å²) in [5, 5.41) is 2.98. The first-order valence-corrected chi connectivity index (χ1v) is 7.18. The van der Waals surface area contributed by atoms with Crippen LogP contribution in [0.3, 0.4) is 0 Å². The van der Waals surface area contributed by atoms with Crippen LogP contribution in [0.1, 0.15) is 32.3 Å². The highest BCUT2D eigenvalue weighted by molar-refractivity contribution is 5.80. The number of hydrogen-bond acceptors (Lipinski definition) is 4. The summed E-state index contributed by atoms with van der Waals surface area (Å²) in [6.45, 7) is 5.95. The lowest BCUT2D eigenvalue weighted by atomic mass is 9.96. The van der Waals surface area contributed by atoms with Gasteiger partial charge in [-0.3, -0.25) is 4.79 Å². The van der Waals surface area contributed by atoms with Crippen LogP contribution in [0.15, 0.2) is 18.2 Å². The highest BCUT2D eigenvalue weighted by Crippen LogP contribution is 2.21. The molecular weight excluding hydrogens is 273 g/mol. The van der Waals surface area contributed by atoms with E-state index < -0.39 is 5.54 Å². The van der Waals surface area contributed by atoms with Crippen molar-refractivity contribution in [3.63, 3.8) is 0 Å². The smallest absolute Gasteiger partial charge is 0.326 e. The summed E-state index contributed by atoms with van der Waals surface area (Å²) in [5.41, 5.74) is -0.191. The first-order valence-electron chi connectivity index (χ1n) is 7.18. The van der Waals surface area contributed by atoms with Crippen LogP contribution in [0.4, 0.5) is 4.39 Å². The standard InChI is InChI=1S/C16H24FNO3/c1-5-20-15(19)16(3,18-4)10-7-11-21-13-9-6-8-12(2)14(13)17/h6,8-9,18H,5,7,10-11H2,1-4H3. The SMILES string of the molecule is CCOC(=O)C(C)(CCCOc1cccc(C)c1F)NC. The zero-order valence-corrected chi connectivity index (χ0v) is 13.2. The minimum atomic E-state index is -0.746. The number of esters is 1. The lowest BCUT2D eigenvalue weighted by Crippen LogP contribution is -2.48. The maximum absolute atomic E-state index is 13.7. The molecule has 0 spiro atoms. The highest BCUT2D eigenvalue weighted by Gasteiger charge is 2.32. The van der Waals surface area contributed by atoms with Crippen LogP contribution < -0.4 is 10.1 Å². The van der Waals surface area contributed by atoms with E-state index in [2.05, 4.69) is 5.32 Å². The molecule has 0 saturated heterocycles. The van der Waals surface area contributed by atoms with Crippen molar-refractivity contribution < 1.29 is 18.7 Å². The third-order valence-corrected chi connectivity index (χ3v) is 3.51. The zero-order valence-electron chi connectivity index (χ0n) is 13.2. The first-order chi connectivity index (χ1) is 9.94. The van der Waals surface area contributed by atoms with Gasteiger partial charge in [0.15, 0.2) is 11.6 Å². The maximum Gasteiger partial charge on any atom is 0.326 e. The monoisotopic (exact) mass is 297 g/mol. The third kappa shape index (κ3) is 4.70. The molecule has 0 aliphatic rings. The van der Waals surface area contributed by atoms with Crippen molar-refractivity contribution in [2.45, 2.75) is 39.2 Å². The minimum absolute atomic E-state index is 0.247. The van der Waals surface area contributed by atoms with Crippen LogP contribution in [0.25, 0.3) is 0 Å². The second-order valence-electron chi connectivity index (χ2n) is 5.14. The summed E-state index contributed by atoms with van der Waals surface area (Å²) < 4.78 is 24.2. The first kappa shape index (κ1) is 17.4. The van der Waals surface area contributed by atoms with E-state index in [0.717, 1.165) is 0 Å². The second-order valence-corrected chi connectivity index (χ2v) is 5.14. The molecule has 0 bridgehead atoms. The van der Waals surface area contributed by atoms with Crippen molar-refractivity contribution in [2.24, 2.45) is 0 Å². The van der Waals surface area contributed by atoms with Crippen LogP contribution in [0.2, 0.25) is 0 Å². The average molecular weight is 297 g/mol. The Kier molecular flexibility index (Phi) is 6.62. The number of carbonyl (C=O) groups is 1. The number of carbonyl (C=O) groups excluding carboxylic acids is 1. The number of benzene rings is 1. The molecule has 1 unspecified atom stereocenters. The molecule has 4 nitrogen and oxygen atoms in total. The number of rotatable bonds is 8. The number of ether oxygens (including phenoxy) is 2. The van der Waals surface area contributed by atoms with Gasteiger partial charge in [0, 0.05) is 0 Å². The maximum atomic E-state index is 13.7. The number of halogens is 1. The Labute approximate surface area is 125 Å². The van der Waals surface area contributed by atoms with Crippen molar-refractivity contribution in [3.05, 3.63) is 29.6 Å². The number of likely N-dealkylation sites (N-methyl/N-ethyl adjacent to an activating group) is 1. The van der Waals surface area contributed by atoms with Crippen LogP contribution in [0.5, 0.6) is 5.75 Å². The van der Waals surface area contributed by atoms with E-state index in [1.807, 2.05) is 0 Å². The molecule has 1 aromatic rings. The van der Waals surface area contributed by atoms with Crippen molar-refractivity contribution >= 4 is 5.97 Å². The summed E-state index contributed by atoms with van der Waals surface area (Å²) in [4.78, 5) is 11.9. The average Bonchev–Trinajstić information content (AvgIpc) is 2.47. The minimum Gasteiger partial charge on any atom is -0.491 e. The van der Waals surface area contributed by atoms with Crippen LogP contribution in [0, 0.1) is 12.7 Å². The molecule has 118 valence electrons. The fourth-order valence-electron chi connectivity index (χ4n) is 1.96. The van der Waals surface area contributed by atoms with Gasteiger partial charge in [0.2, 0.25) is 0 Å². The van der Waals surface area contributed by atoms with Gasteiger partial charge in [-0.2, -0.15) is 0 Å². The number of aryl methyl sites for hydroxylation is 1. The number of nitrogens with one attached hydrogen (secondary N) is 1. The normalized spacial score (nSPS) is 13.6. The fraction of sp³-hybridized carbons (Fsp3) is 0.562. The van der Waals surface area contributed by atoms with E-state index in [-0.39, 0.29) is 17.5 Å². The van der Waals surface area contributed by atoms with E-state index in [1.165, 1.54) is 0 Å². The van der Waals surface area contributed by atoms with Gasteiger partial charge in [-0.05, 0) is 52.3 Å². The van der Waals surface area contributed by atoms with Gasteiger partial charge in [0.25, 0.3) is 0 Å².